The van der Waals surface area contributed by atoms with Gasteiger partial charge in [0.25, 0.3) is 0 Å². The number of rotatable bonds is 1. The van der Waals surface area contributed by atoms with Gasteiger partial charge in [0.1, 0.15) is 0 Å². The number of aliphatic hydroxyl groups excluding tert-OH is 1. The Bertz CT molecular complexity index is 59.8. The Balaban J connectivity index is 0. The molecule has 0 radical (unpaired) electrons. The van der Waals surface area contributed by atoms with Gasteiger partial charge in [-0.1, -0.05) is 0 Å². The Kier molecular flexibility index (Phi) is 7.47. The molecule has 0 rings (SSSR count). The van der Waals surface area contributed by atoms with Crippen LogP contribution in [0.5, 0.6) is 0 Å². The smallest absolute Gasteiger partial charge is 0.0288 e. The van der Waals surface area contributed by atoms with Crippen LogP contribution in [0.25, 0.3) is 0 Å². The summed E-state index contributed by atoms with van der Waals surface area (Å²) in [6.07, 6.45) is 1.14. The average Bonchev–Trinajstić information content (AvgIpc) is 1.38. The van der Waals surface area contributed by atoms with Crippen LogP contribution in [0.3, 0.4) is 0 Å². The van der Waals surface area contributed by atoms with E-state index in [0.717, 1.165) is 6.29 Å². The largest absolute Gasteiger partial charge is 0.543 e. The molecule has 0 bridgehead atoms. The molecule has 0 fully saturated rings. The van der Waals surface area contributed by atoms with Gasteiger partial charge in [0, 0.05) is 25.8 Å². The molecule has 0 spiro atoms. The monoisotopic (exact) mass is 135 g/mol. The van der Waals surface area contributed by atoms with Crippen molar-refractivity contribution in [3.8, 4) is 0 Å². The van der Waals surface area contributed by atoms with Crippen LogP contribution in [0.2, 0.25) is 0 Å². The molecule has 30 valence electrons. The van der Waals surface area contributed by atoms with Crippen molar-refractivity contribution in [3.63, 3.8) is 0 Å². The Morgan fingerprint density at radius 3 is 2.00 bits per heavy atom. The van der Waals surface area contributed by atoms with E-state index in [1.807, 2.05) is 0 Å². The van der Waals surface area contributed by atoms with Crippen LogP contribution in [0, 0.1) is 0 Å². The molecular formula is C3H3O2Zn-. The summed E-state index contributed by atoms with van der Waals surface area (Å²) in [5, 5.41) is 7.74. The van der Waals surface area contributed by atoms with Crippen LogP contribution in [-0.2, 0) is 24.3 Å². The van der Waals surface area contributed by atoms with E-state index in [1.54, 1.807) is 0 Å². The summed E-state index contributed by atoms with van der Waals surface area (Å²) in [5.41, 5.74) is 0. The first-order valence-electron chi connectivity index (χ1n) is 1.03. The van der Waals surface area contributed by atoms with Crippen molar-refractivity contribution in [2.45, 2.75) is 0 Å². The van der Waals surface area contributed by atoms with Gasteiger partial charge in [-0.25, -0.2) is 6.58 Å². The van der Waals surface area contributed by atoms with Gasteiger partial charge in [-0.15, -0.1) is 0 Å². The number of aliphatic hydroxyl groups is 1. The average molecular weight is 136 g/mol. The van der Waals surface area contributed by atoms with Crippen LogP contribution in [-0.4, -0.2) is 11.4 Å². The molecule has 0 saturated carbocycles. The molecule has 0 atom stereocenters. The topological polar surface area (TPSA) is 37.3 Å². The molecular weight excluding hydrogens is 133 g/mol. The predicted molar refractivity (Wildman–Crippen MR) is 17.5 cm³/mol. The third-order valence-corrected chi connectivity index (χ3v) is 0.118. The quantitative estimate of drug-likeness (QED) is 0.241. The molecule has 0 aromatic heterocycles. The first-order valence-corrected chi connectivity index (χ1v) is 1.03. The van der Waals surface area contributed by atoms with Crippen LogP contribution in [0.1, 0.15) is 0 Å². The molecule has 0 aliphatic heterocycles. The molecule has 0 aliphatic carbocycles. The number of hydrogen-bond acceptors (Lipinski definition) is 2. The van der Waals surface area contributed by atoms with Crippen molar-refractivity contribution >= 4 is 6.29 Å². The molecule has 0 aromatic carbocycles. The summed E-state index contributed by atoms with van der Waals surface area (Å²) in [5.74, 6) is -0.551. The normalized spacial score (nSPS) is 5.33. The van der Waals surface area contributed by atoms with Crippen LogP contribution < -0.4 is 0 Å². The van der Waals surface area contributed by atoms with Crippen LogP contribution >= 0.6 is 0 Å². The fourth-order valence-electron chi connectivity index (χ4n) is 0. The molecule has 0 aliphatic rings. The molecule has 0 amide bonds. The van der Waals surface area contributed by atoms with Crippen molar-refractivity contribution in [2.24, 2.45) is 0 Å². The molecule has 0 aromatic rings. The van der Waals surface area contributed by atoms with Gasteiger partial charge in [-0.05, 0) is 5.76 Å². The van der Waals surface area contributed by atoms with E-state index >= 15 is 0 Å². The number of allylic oxidation sites excluding steroid dienone is 1. The first kappa shape index (κ1) is 9.27. The molecule has 3 heteroatoms. The third kappa shape index (κ3) is 9.16. The van der Waals surface area contributed by atoms with Gasteiger partial charge in [-0.2, -0.15) is 0 Å². The minimum atomic E-state index is -0.551. The zero-order chi connectivity index (χ0) is 4.28. The fourth-order valence-corrected chi connectivity index (χ4v) is 0. The second kappa shape index (κ2) is 4.83. The first-order chi connectivity index (χ1) is 2.27. The maximum absolute atomic E-state index is 9.03. The molecule has 0 unspecified atom stereocenters. The van der Waals surface area contributed by atoms with E-state index in [0.29, 0.717) is 0 Å². The fraction of sp³-hybridized carbons (Fsp3) is 0. The van der Waals surface area contributed by atoms with Crippen LogP contribution in [0.15, 0.2) is 12.3 Å². The van der Waals surface area contributed by atoms with Gasteiger partial charge >= 0.3 is 0 Å². The molecule has 1 N–H and O–H groups in total. The summed E-state index contributed by atoms with van der Waals surface area (Å²) < 4.78 is 0. The van der Waals surface area contributed by atoms with Crippen molar-refractivity contribution in [1.29, 1.82) is 0 Å². The van der Waals surface area contributed by atoms with Crippen molar-refractivity contribution in [2.75, 3.05) is 0 Å². The summed E-state index contributed by atoms with van der Waals surface area (Å²) in [6.45, 7) is 2.81. The van der Waals surface area contributed by atoms with Crippen molar-refractivity contribution < 1.29 is 29.4 Å². The minimum Gasteiger partial charge on any atom is -0.543 e. The summed E-state index contributed by atoms with van der Waals surface area (Å²) >= 11 is 0. The van der Waals surface area contributed by atoms with Crippen molar-refractivity contribution in [3.05, 3.63) is 12.3 Å². The zero-order valence-electron chi connectivity index (χ0n) is 3.27. The van der Waals surface area contributed by atoms with Gasteiger partial charge in [-0.3, -0.25) is 0 Å². The predicted octanol–water partition coefficient (Wildman–Crippen LogP) is 0.165. The SMILES string of the molecule is C=C(O)[C-]=O.[Zn]. The number of hydrogen-bond donors (Lipinski definition) is 1. The van der Waals surface area contributed by atoms with E-state index in [-0.39, 0.29) is 19.5 Å². The second-order valence-electron chi connectivity index (χ2n) is 0.549. The van der Waals surface area contributed by atoms with E-state index in [2.05, 4.69) is 6.58 Å². The Morgan fingerprint density at radius 2 is 2.00 bits per heavy atom. The van der Waals surface area contributed by atoms with E-state index in [1.165, 1.54) is 0 Å². The number of carbonyl (C=O) groups excluding carboxylic acids is 1. The van der Waals surface area contributed by atoms with E-state index < -0.39 is 5.76 Å². The second-order valence-corrected chi connectivity index (χ2v) is 0.549. The van der Waals surface area contributed by atoms with Crippen molar-refractivity contribution in [1.82, 2.24) is 0 Å². The van der Waals surface area contributed by atoms with Gasteiger partial charge in [0.05, 0.1) is 0 Å². The maximum atomic E-state index is 9.03. The molecule has 0 heterocycles. The Hall–Kier alpha value is -0.167. The van der Waals surface area contributed by atoms with Crippen LogP contribution in [0.4, 0.5) is 0 Å². The van der Waals surface area contributed by atoms with Gasteiger partial charge in [0.2, 0.25) is 0 Å². The maximum Gasteiger partial charge on any atom is 0.0288 e. The minimum absolute atomic E-state index is 0. The third-order valence-electron chi connectivity index (χ3n) is 0.118. The van der Waals surface area contributed by atoms with E-state index in [9.17, 15) is 0 Å². The Labute approximate surface area is 48.6 Å². The summed E-state index contributed by atoms with van der Waals surface area (Å²) in [4.78, 5) is 9.03. The molecule has 6 heavy (non-hydrogen) atoms. The van der Waals surface area contributed by atoms with E-state index in [4.69, 9.17) is 9.90 Å². The van der Waals surface area contributed by atoms with Gasteiger partial charge in [0.15, 0.2) is 0 Å². The molecule has 0 saturated heterocycles. The Morgan fingerprint density at radius 1 is 1.83 bits per heavy atom. The van der Waals surface area contributed by atoms with Gasteiger partial charge < -0.3 is 9.90 Å². The zero-order valence-corrected chi connectivity index (χ0v) is 6.24. The standard InChI is InChI=1S/C3H3O2.Zn/c1-3(5)2-4;/h5H,1H2;/q-1;. The molecule has 2 nitrogen and oxygen atoms in total. The summed E-state index contributed by atoms with van der Waals surface area (Å²) in [7, 11) is 0. The summed E-state index contributed by atoms with van der Waals surface area (Å²) in [6, 6.07) is 0.